The molecule has 2 aliphatic carbocycles. The van der Waals surface area contributed by atoms with E-state index < -0.39 is 11.0 Å². The molecule has 5 aliphatic rings. The van der Waals surface area contributed by atoms with Crippen LogP contribution in [0, 0.1) is 18.3 Å². The zero-order chi connectivity index (χ0) is 31.6. The fraction of sp³-hybridized carbons (Fsp3) is 0.568. The standard InChI is InChI=1S/C35H49N5O2.C2H2/c1-4-5-18-33(2)32(42)40(34(26-38-33)19-11-6-7-12-20-34)23-14-8-9-15-27-24-35(25-28(27)17-22-36-3)29-16-10-13-21-37-30(29)39-31(35)41;1-2/h8,10,13-15,17,21,38H,3-7,9,11-12,16,18-20,22-26H2,1-2H3,(H,39,41);1-2H/b14-8+,27-15-,28-17-;. The largest absolute Gasteiger partial charge is 0.330 e. The Morgan fingerprint density at radius 3 is 2.52 bits per heavy atom. The van der Waals surface area contributed by atoms with Crippen molar-refractivity contribution in [2.75, 3.05) is 19.6 Å². The summed E-state index contributed by atoms with van der Waals surface area (Å²) < 4.78 is 0. The number of piperazine rings is 1. The van der Waals surface area contributed by atoms with Crippen molar-refractivity contribution in [2.24, 2.45) is 15.4 Å². The van der Waals surface area contributed by atoms with E-state index in [9.17, 15) is 9.59 Å². The molecule has 2 spiro atoms. The quantitative estimate of drug-likeness (QED) is 0.184. The van der Waals surface area contributed by atoms with Crippen LogP contribution in [0.5, 0.6) is 0 Å². The van der Waals surface area contributed by atoms with Crippen molar-refractivity contribution in [3.8, 4) is 12.8 Å². The summed E-state index contributed by atoms with van der Waals surface area (Å²) in [4.78, 5) is 38.1. The van der Waals surface area contributed by atoms with Crippen LogP contribution in [0.3, 0.4) is 0 Å². The Balaban J connectivity index is 0.00000216. The highest BCUT2D eigenvalue weighted by Crippen LogP contribution is 2.54. The van der Waals surface area contributed by atoms with E-state index in [-0.39, 0.29) is 17.4 Å². The average molecular weight is 598 g/mol. The van der Waals surface area contributed by atoms with Gasteiger partial charge in [-0.25, -0.2) is 4.99 Å². The Bertz CT molecular complexity index is 1290. The van der Waals surface area contributed by atoms with Crippen LogP contribution < -0.4 is 10.6 Å². The molecule has 2 amide bonds. The van der Waals surface area contributed by atoms with Gasteiger partial charge in [-0.1, -0.05) is 75.8 Å². The van der Waals surface area contributed by atoms with Crippen LogP contribution >= 0.6 is 0 Å². The molecule has 2 saturated carbocycles. The van der Waals surface area contributed by atoms with E-state index in [1.165, 1.54) is 36.8 Å². The van der Waals surface area contributed by atoms with E-state index in [0.29, 0.717) is 31.8 Å². The van der Waals surface area contributed by atoms with Crippen molar-refractivity contribution < 1.29 is 9.59 Å². The zero-order valence-electron chi connectivity index (χ0n) is 26.9. The van der Waals surface area contributed by atoms with E-state index in [1.807, 2.05) is 6.08 Å². The molecule has 3 aliphatic heterocycles. The lowest BCUT2D eigenvalue weighted by molar-refractivity contribution is -0.150. The molecule has 2 N–H and O–H groups in total. The number of nitrogens with one attached hydrogen (secondary N) is 2. The molecule has 236 valence electrons. The number of terminal acetylenes is 1. The van der Waals surface area contributed by atoms with E-state index >= 15 is 0 Å². The van der Waals surface area contributed by atoms with E-state index in [1.54, 1.807) is 6.21 Å². The average Bonchev–Trinajstić information content (AvgIpc) is 3.26. The van der Waals surface area contributed by atoms with Gasteiger partial charge in [0.25, 0.3) is 0 Å². The highest BCUT2D eigenvalue weighted by molar-refractivity contribution is 5.94. The van der Waals surface area contributed by atoms with Gasteiger partial charge >= 0.3 is 0 Å². The highest BCUT2D eigenvalue weighted by atomic mass is 16.2. The molecule has 3 heterocycles. The number of aliphatic imine (C=N–C) groups is 2. The summed E-state index contributed by atoms with van der Waals surface area (Å²) in [5, 5.41) is 6.77. The number of rotatable bonds is 9. The summed E-state index contributed by atoms with van der Waals surface area (Å²) in [6.45, 7) is 10.0. The molecule has 0 aromatic rings. The van der Waals surface area contributed by atoms with Gasteiger partial charge in [-0.3, -0.25) is 14.6 Å². The molecule has 0 aromatic heterocycles. The minimum absolute atomic E-state index is 0.0494. The van der Waals surface area contributed by atoms with Crippen molar-refractivity contribution in [3.63, 3.8) is 0 Å². The van der Waals surface area contributed by atoms with Gasteiger partial charge in [-0.2, -0.15) is 0 Å². The van der Waals surface area contributed by atoms with E-state index in [2.05, 4.69) is 89.3 Å². The second kappa shape index (κ2) is 15.0. The first-order valence-electron chi connectivity index (χ1n) is 16.5. The van der Waals surface area contributed by atoms with E-state index in [4.69, 9.17) is 0 Å². The Morgan fingerprint density at radius 2 is 1.82 bits per heavy atom. The van der Waals surface area contributed by atoms with Crippen LogP contribution in [-0.2, 0) is 9.59 Å². The van der Waals surface area contributed by atoms with Gasteiger partial charge in [-0.15, -0.1) is 12.8 Å². The predicted octanol–water partition coefficient (Wildman–Crippen LogP) is 6.36. The third kappa shape index (κ3) is 6.76. The molecule has 44 heavy (non-hydrogen) atoms. The van der Waals surface area contributed by atoms with Crippen LogP contribution in [-0.4, -0.2) is 60.4 Å². The van der Waals surface area contributed by atoms with Crippen LogP contribution in [0.15, 0.2) is 69.0 Å². The molecule has 0 radical (unpaired) electrons. The Kier molecular flexibility index (Phi) is 11.4. The Hall–Kier alpha value is -3.50. The molecule has 0 bridgehead atoms. The maximum atomic E-state index is 14.0. The number of carbonyl (C=O) groups is 2. The first kappa shape index (κ1) is 33.4. The second-order valence-corrected chi connectivity index (χ2v) is 13.0. The lowest BCUT2D eigenvalue weighted by Crippen LogP contribution is -2.72. The SMILES string of the molecule is C#C.C=NC/C=C1/CC2(C/C1=C/C/C=C/CN1C(=O)C(C)(CCCC)NCC13CCCCCC3)C(=O)NC1=C2CC=CC=N1. The van der Waals surface area contributed by atoms with Crippen LogP contribution in [0.25, 0.3) is 0 Å². The minimum Gasteiger partial charge on any atom is -0.330 e. The van der Waals surface area contributed by atoms with Crippen molar-refractivity contribution in [1.82, 2.24) is 15.5 Å². The third-order valence-electron chi connectivity index (χ3n) is 10.3. The number of unbranched alkanes of at least 4 members (excludes halogenated alkanes) is 1. The number of amides is 2. The monoisotopic (exact) mass is 597 g/mol. The van der Waals surface area contributed by atoms with Crippen molar-refractivity contribution in [2.45, 2.75) is 108 Å². The lowest BCUT2D eigenvalue weighted by Gasteiger charge is -2.53. The summed E-state index contributed by atoms with van der Waals surface area (Å²) >= 11 is 0. The van der Waals surface area contributed by atoms with Crippen LogP contribution in [0.2, 0.25) is 0 Å². The second-order valence-electron chi connectivity index (χ2n) is 13.0. The van der Waals surface area contributed by atoms with Crippen molar-refractivity contribution in [1.29, 1.82) is 0 Å². The molecule has 0 aromatic carbocycles. The lowest BCUT2D eigenvalue weighted by atomic mass is 9.77. The molecule has 2 atom stereocenters. The van der Waals surface area contributed by atoms with Gasteiger partial charge in [0.15, 0.2) is 0 Å². The fourth-order valence-corrected chi connectivity index (χ4v) is 7.69. The van der Waals surface area contributed by atoms with Gasteiger partial charge < -0.3 is 15.5 Å². The first-order chi connectivity index (χ1) is 21.4. The van der Waals surface area contributed by atoms with Gasteiger partial charge in [0.1, 0.15) is 5.82 Å². The zero-order valence-corrected chi connectivity index (χ0v) is 26.9. The molecule has 1 saturated heterocycles. The van der Waals surface area contributed by atoms with Gasteiger partial charge in [0.2, 0.25) is 11.8 Å². The van der Waals surface area contributed by atoms with Gasteiger partial charge in [0.05, 0.1) is 23.0 Å². The minimum atomic E-state index is -0.577. The van der Waals surface area contributed by atoms with Crippen LogP contribution in [0.1, 0.15) is 97.3 Å². The fourth-order valence-electron chi connectivity index (χ4n) is 7.69. The number of fused-ring (bicyclic) bond motifs is 1. The molecule has 5 rings (SSSR count). The number of allylic oxidation sites excluding steroid dienone is 6. The number of hydrogen-bond donors (Lipinski definition) is 2. The maximum absolute atomic E-state index is 14.0. The van der Waals surface area contributed by atoms with Crippen molar-refractivity contribution >= 4 is 24.7 Å². The molecular formula is C37H51N5O2. The Labute approximate surface area is 264 Å². The normalized spacial score (nSPS) is 29.7. The Morgan fingerprint density at radius 1 is 1.09 bits per heavy atom. The molecule has 2 unspecified atom stereocenters. The first-order valence-corrected chi connectivity index (χ1v) is 16.5. The summed E-state index contributed by atoms with van der Waals surface area (Å²) in [5.74, 6) is 1.03. The van der Waals surface area contributed by atoms with Crippen LogP contribution in [0.4, 0.5) is 0 Å². The highest BCUT2D eigenvalue weighted by Gasteiger charge is 2.53. The van der Waals surface area contributed by atoms with Crippen molar-refractivity contribution in [3.05, 3.63) is 59.0 Å². The third-order valence-corrected chi connectivity index (χ3v) is 10.3. The predicted molar refractivity (Wildman–Crippen MR) is 181 cm³/mol. The summed E-state index contributed by atoms with van der Waals surface area (Å²) in [5.41, 5.74) is 2.34. The molecular weight excluding hydrogens is 546 g/mol. The van der Waals surface area contributed by atoms with E-state index in [0.717, 1.165) is 57.1 Å². The summed E-state index contributed by atoms with van der Waals surface area (Å²) in [7, 11) is 0. The molecule has 3 fully saturated rings. The molecule has 7 nitrogen and oxygen atoms in total. The summed E-state index contributed by atoms with van der Waals surface area (Å²) in [6.07, 6.45) is 35.5. The van der Waals surface area contributed by atoms with Gasteiger partial charge in [0, 0.05) is 19.3 Å². The number of hydrogen-bond acceptors (Lipinski definition) is 5. The number of carbonyl (C=O) groups excluding carboxylic acids is 2. The smallest absolute Gasteiger partial charge is 0.243 e. The van der Waals surface area contributed by atoms with Gasteiger partial charge in [-0.05, 0) is 81.4 Å². The molecule has 7 heteroatoms. The topological polar surface area (TPSA) is 86.2 Å². The maximum Gasteiger partial charge on any atom is 0.243 e. The summed E-state index contributed by atoms with van der Waals surface area (Å²) in [6, 6.07) is 0. The number of nitrogens with zero attached hydrogens (tertiary/aromatic N) is 3.